The Balaban J connectivity index is 2.16. The van der Waals surface area contributed by atoms with Crippen LogP contribution in [0.5, 0.6) is 0 Å². The van der Waals surface area contributed by atoms with Crippen molar-refractivity contribution in [2.75, 3.05) is 6.61 Å². The van der Waals surface area contributed by atoms with Gasteiger partial charge in [0.05, 0.1) is 19.2 Å². The monoisotopic (exact) mass is 261 g/mol. The number of nitrogens with zero attached hydrogens (tertiary/aromatic N) is 3. The van der Waals surface area contributed by atoms with Gasteiger partial charge in [0.2, 0.25) is 0 Å². The summed E-state index contributed by atoms with van der Waals surface area (Å²) in [5, 5.41) is 5.10. The molecule has 2 aromatic rings. The maximum absolute atomic E-state index is 11.7. The van der Waals surface area contributed by atoms with Crippen molar-refractivity contribution < 1.29 is 9.53 Å². The predicted molar refractivity (Wildman–Crippen MR) is 72.7 cm³/mol. The van der Waals surface area contributed by atoms with Crippen LogP contribution in [-0.2, 0) is 23.0 Å². The van der Waals surface area contributed by atoms with Gasteiger partial charge in [-0.3, -0.25) is 9.48 Å². The highest BCUT2D eigenvalue weighted by atomic mass is 16.5. The summed E-state index contributed by atoms with van der Waals surface area (Å²) in [6.07, 6.45) is 2.01. The van der Waals surface area contributed by atoms with Crippen LogP contribution in [0, 0.1) is 12.8 Å². The van der Waals surface area contributed by atoms with Crippen LogP contribution in [0.15, 0.2) is 12.3 Å². The Bertz CT molecular complexity index is 602. The lowest BCUT2D eigenvalue weighted by molar-refractivity contribution is -0.143. The number of carbonyl (C=O) groups excluding carboxylic acids is 1. The summed E-state index contributed by atoms with van der Waals surface area (Å²) in [4.78, 5) is 16.2. The van der Waals surface area contributed by atoms with Crippen molar-refractivity contribution in [1.29, 1.82) is 0 Å². The number of carbonyl (C=O) groups is 1. The zero-order chi connectivity index (χ0) is 14.0. The van der Waals surface area contributed by atoms with Gasteiger partial charge in [0.1, 0.15) is 0 Å². The minimum atomic E-state index is -0.207. The molecule has 0 N–H and O–H groups in total. The Labute approximate surface area is 112 Å². The van der Waals surface area contributed by atoms with E-state index in [9.17, 15) is 4.79 Å². The van der Waals surface area contributed by atoms with Gasteiger partial charge in [-0.05, 0) is 24.5 Å². The number of aromatic nitrogens is 3. The number of esters is 1. The van der Waals surface area contributed by atoms with Crippen molar-refractivity contribution in [2.45, 2.75) is 27.2 Å². The number of aryl methyl sites for hydroxylation is 2. The van der Waals surface area contributed by atoms with Gasteiger partial charge in [-0.2, -0.15) is 5.10 Å². The molecule has 0 aromatic carbocycles. The molecular weight excluding hydrogens is 242 g/mol. The summed E-state index contributed by atoms with van der Waals surface area (Å²) >= 11 is 0. The molecule has 2 aromatic heterocycles. The van der Waals surface area contributed by atoms with Gasteiger partial charge >= 0.3 is 5.97 Å². The smallest absolute Gasteiger partial charge is 0.310 e. The van der Waals surface area contributed by atoms with Crippen LogP contribution in [0.3, 0.4) is 0 Å². The Morgan fingerprint density at radius 2 is 2.21 bits per heavy atom. The number of fused-ring (bicyclic) bond motifs is 1. The fraction of sp³-hybridized carbons (Fsp3) is 0.500. The van der Waals surface area contributed by atoms with E-state index in [1.54, 1.807) is 10.9 Å². The highest BCUT2D eigenvalue weighted by Gasteiger charge is 2.11. The molecular formula is C14H19N3O2. The molecule has 5 heteroatoms. The lowest BCUT2D eigenvalue weighted by atomic mass is 10.1. The number of pyridine rings is 1. The fourth-order valence-corrected chi connectivity index (χ4v) is 1.85. The lowest BCUT2D eigenvalue weighted by Gasteiger charge is -2.08. The molecule has 0 amide bonds. The molecule has 0 aliphatic heterocycles. The summed E-state index contributed by atoms with van der Waals surface area (Å²) in [7, 11) is 1.85. The lowest BCUT2D eigenvalue weighted by Crippen LogP contribution is -2.13. The number of hydrogen-bond acceptors (Lipinski definition) is 4. The van der Waals surface area contributed by atoms with Crippen molar-refractivity contribution in [3.63, 3.8) is 0 Å². The molecule has 0 saturated heterocycles. The molecule has 0 aliphatic rings. The quantitative estimate of drug-likeness (QED) is 0.790. The minimum absolute atomic E-state index is 0.207. The normalized spacial score (nSPS) is 11.2. The van der Waals surface area contributed by atoms with Crippen LogP contribution in [-0.4, -0.2) is 27.3 Å². The number of rotatable bonds is 4. The molecule has 0 radical (unpaired) electrons. The molecule has 0 bridgehead atoms. The van der Waals surface area contributed by atoms with Gasteiger partial charge in [-0.25, -0.2) is 4.98 Å². The molecule has 0 fully saturated rings. The molecule has 5 nitrogen and oxygen atoms in total. The third kappa shape index (κ3) is 3.10. The first-order chi connectivity index (χ1) is 8.97. The van der Waals surface area contributed by atoms with E-state index in [4.69, 9.17) is 4.74 Å². The van der Waals surface area contributed by atoms with E-state index in [1.807, 2.05) is 33.9 Å². The standard InChI is InChI=1S/C14H19N3O2/c1-9(2)8-19-13(18)6-11-5-12-7-15-17(4)14(12)16-10(11)3/h5,7,9H,6,8H2,1-4H3. The first-order valence-corrected chi connectivity index (χ1v) is 6.41. The van der Waals surface area contributed by atoms with Crippen molar-refractivity contribution in [1.82, 2.24) is 14.8 Å². The predicted octanol–water partition coefficient (Wildman–Crippen LogP) is 2.02. The Morgan fingerprint density at radius 3 is 2.89 bits per heavy atom. The molecule has 0 atom stereocenters. The number of ether oxygens (including phenoxy) is 1. The SMILES string of the molecule is Cc1nc2c(cnn2C)cc1CC(=O)OCC(C)C. The van der Waals surface area contributed by atoms with Gasteiger partial charge in [0.15, 0.2) is 5.65 Å². The van der Waals surface area contributed by atoms with Crippen molar-refractivity contribution >= 4 is 17.0 Å². The van der Waals surface area contributed by atoms with Crippen LogP contribution in [0.1, 0.15) is 25.1 Å². The number of hydrogen-bond donors (Lipinski definition) is 0. The summed E-state index contributed by atoms with van der Waals surface area (Å²) in [5.74, 6) is 0.144. The Hall–Kier alpha value is -1.91. The van der Waals surface area contributed by atoms with Crippen LogP contribution < -0.4 is 0 Å². The first-order valence-electron chi connectivity index (χ1n) is 6.41. The highest BCUT2D eigenvalue weighted by molar-refractivity contribution is 5.79. The molecule has 2 heterocycles. The second kappa shape index (κ2) is 5.38. The van der Waals surface area contributed by atoms with Crippen molar-refractivity contribution in [3.8, 4) is 0 Å². The van der Waals surface area contributed by atoms with Crippen LogP contribution >= 0.6 is 0 Å². The van der Waals surface area contributed by atoms with Gasteiger partial charge in [-0.1, -0.05) is 13.8 Å². The van der Waals surface area contributed by atoms with E-state index in [-0.39, 0.29) is 12.4 Å². The van der Waals surface area contributed by atoms with E-state index < -0.39 is 0 Å². The molecule has 0 saturated carbocycles. The third-order valence-electron chi connectivity index (χ3n) is 2.92. The van der Waals surface area contributed by atoms with Crippen molar-refractivity contribution in [2.24, 2.45) is 13.0 Å². The second-order valence-electron chi connectivity index (χ2n) is 5.17. The second-order valence-corrected chi connectivity index (χ2v) is 5.17. The molecule has 2 rings (SSSR count). The minimum Gasteiger partial charge on any atom is -0.465 e. The summed E-state index contributed by atoms with van der Waals surface area (Å²) in [6, 6.07) is 1.96. The van der Waals surface area contributed by atoms with Crippen molar-refractivity contribution in [3.05, 3.63) is 23.5 Å². The molecule has 0 unspecified atom stereocenters. The third-order valence-corrected chi connectivity index (χ3v) is 2.92. The largest absolute Gasteiger partial charge is 0.465 e. The van der Waals surface area contributed by atoms with E-state index >= 15 is 0 Å². The molecule has 19 heavy (non-hydrogen) atoms. The average Bonchev–Trinajstić information content (AvgIpc) is 2.69. The zero-order valence-electron chi connectivity index (χ0n) is 11.8. The maximum Gasteiger partial charge on any atom is 0.310 e. The topological polar surface area (TPSA) is 57.0 Å². The van der Waals surface area contributed by atoms with E-state index in [0.29, 0.717) is 12.5 Å². The molecule has 0 spiro atoms. The van der Waals surface area contributed by atoms with Crippen LogP contribution in [0.2, 0.25) is 0 Å². The Morgan fingerprint density at radius 1 is 1.47 bits per heavy atom. The zero-order valence-corrected chi connectivity index (χ0v) is 11.8. The summed E-state index contributed by atoms with van der Waals surface area (Å²) in [5.41, 5.74) is 2.57. The van der Waals surface area contributed by atoms with Gasteiger partial charge in [-0.15, -0.1) is 0 Å². The molecule has 102 valence electrons. The highest BCUT2D eigenvalue weighted by Crippen LogP contribution is 2.16. The van der Waals surface area contributed by atoms with Gasteiger partial charge in [0, 0.05) is 18.1 Å². The van der Waals surface area contributed by atoms with E-state index in [1.165, 1.54) is 0 Å². The fourth-order valence-electron chi connectivity index (χ4n) is 1.85. The maximum atomic E-state index is 11.7. The Kier molecular flexibility index (Phi) is 3.83. The first kappa shape index (κ1) is 13.5. The summed E-state index contributed by atoms with van der Waals surface area (Å²) < 4.78 is 6.92. The summed E-state index contributed by atoms with van der Waals surface area (Å²) in [6.45, 7) is 6.39. The van der Waals surface area contributed by atoms with Gasteiger partial charge in [0.25, 0.3) is 0 Å². The van der Waals surface area contributed by atoms with Gasteiger partial charge < -0.3 is 4.74 Å². The van der Waals surface area contributed by atoms with Crippen LogP contribution in [0.4, 0.5) is 0 Å². The van der Waals surface area contributed by atoms with E-state index in [0.717, 1.165) is 22.3 Å². The van der Waals surface area contributed by atoms with E-state index in [2.05, 4.69) is 10.1 Å². The van der Waals surface area contributed by atoms with Crippen LogP contribution in [0.25, 0.3) is 11.0 Å². The molecule has 0 aliphatic carbocycles. The average molecular weight is 261 g/mol.